The molecular formula is C14H21N3O2. The van der Waals surface area contributed by atoms with E-state index in [9.17, 15) is 4.79 Å². The minimum absolute atomic E-state index is 0.406. The number of carboxylic acids is 1. The van der Waals surface area contributed by atoms with Gasteiger partial charge in [0.15, 0.2) is 5.96 Å². The van der Waals surface area contributed by atoms with Crippen LogP contribution in [0.1, 0.15) is 35.2 Å². The molecule has 0 aliphatic heterocycles. The van der Waals surface area contributed by atoms with Crippen LogP contribution in [0.2, 0.25) is 0 Å². The van der Waals surface area contributed by atoms with Crippen molar-refractivity contribution in [2.45, 2.75) is 25.7 Å². The van der Waals surface area contributed by atoms with E-state index in [-0.39, 0.29) is 0 Å². The maximum Gasteiger partial charge on any atom is 0.335 e. The fraction of sp³-hybridized carbons (Fsp3) is 0.429. The van der Waals surface area contributed by atoms with Gasteiger partial charge in [-0.15, -0.1) is 0 Å². The summed E-state index contributed by atoms with van der Waals surface area (Å²) >= 11 is 0. The number of carboxylic acid groups (broad SMARTS) is 1. The first kappa shape index (κ1) is 15.0. The molecule has 0 saturated carbocycles. The summed E-state index contributed by atoms with van der Waals surface area (Å²) in [6.45, 7) is 0.795. The second-order valence-electron chi connectivity index (χ2n) is 4.31. The van der Waals surface area contributed by atoms with Crippen molar-refractivity contribution in [3.8, 4) is 0 Å². The van der Waals surface area contributed by atoms with E-state index in [1.807, 2.05) is 12.1 Å². The molecule has 104 valence electrons. The van der Waals surface area contributed by atoms with Crippen LogP contribution in [0.15, 0.2) is 29.3 Å². The number of hydrogen-bond donors (Lipinski definition) is 3. The van der Waals surface area contributed by atoms with E-state index in [0.29, 0.717) is 11.5 Å². The molecule has 0 saturated heterocycles. The van der Waals surface area contributed by atoms with E-state index in [2.05, 4.69) is 10.3 Å². The van der Waals surface area contributed by atoms with Gasteiger partial charge in [0.1, 0.15) is 0 Å². The largest absolute Gasteiger partial charge is 0.478 e. The summed E-state index contributed by atoms with van der Waals surface area (Å²) in [5, 5.41) is 12.1. The Balaban J connectivity index is 2.28. The molecule has 1 rings (SSSR count). The van der Waals surface area contributed by atoms with Crippen LogP contribution in [0.25, 0.3) is 0 Å². The first-order valence-corrected chi connectivity index (χ1v) is 6.42. The topological polar surface area (TPSA) is 87.7 Å². The van der Waals surface area contributed by atoms with E-state index in [1.165, 1.54) is 0 Å². The zero-order chi connectivity index (χ0) is 14.1. The lowest BCUT2D eigenvalue weighted by Crippen LogP contribution is -2.32. The average Bonchev–Trinajstić information content (AvgIpc) is 2.42. The molecule has 4 N–H and O–H groups in total. The number of aliphatic imine (C=N–C) groups is 1. The molecule has 0 heterocycles. The highest BCUT2D eigenvalue weighted by molar-refractivity contribution is 5.89. The summed E-state index contributed by atoms with van der Waals surface area (Å²) in [4.78, 5) is 14.8. The van der Waals surface area contributed by atoms with E-state index in [0.717, 1.165) is 37.8 Å². The molecular weight excluding hydrogens is 242 g/mol. The Morgan fingerprint density at radius 3 is 2.74 bits per heavy atom. The maximum absolute atomic E-state index is 11.0. The van der Waals surface area contributed by atoms with Gasteiger partial charge in [-0.1, -0.05) is 24.6 Å². The third-order valence-corrected chi connectivity index (χ3v) is 2.92. The number of hydrogen-bond acceptors (Lipinski definition) is 2. The Kier molecular flexibility index (Phi) is 6.43. The maximum atomic E-state index is 11.0. The third-order valence-electron chi connectivity index (χ3n) is 2.92. The minimum atomic E-state index is -0.857. The van der Waals surface area contributed by atoms with Crippen LogP contribution < -0.4 is 11.1 Å². The molecule has 5 heteroatoms. The van der Waals surface area contributed by atoms with Crippen LogP contribution in [-0.2, 0) is 6.42 Å². The smallest absolute Gasteiger partial charge is 0.335 e. The summed E-state index contributed by atoms with van der Waals surface area (Å²) < 4.78 is 0. The number of nitrogens with zero attached hydrogens (tertiary/aromatic N) is 1. The van der Waals surface area contributed by atoms with Gasteiger partial charge in [-0.2, -0.15) is 0 Å². The van der Waals surface area contributed by atoms with Gasteiger partial charge in [0.25, 0.3) is 0 Å². The highest BCUT2D eigenvalue weighted by Gasteiger charge is 2.07. The number of benzene rings is 1. The van der Waals surface area contributed by atoms with Crippen LogP contribution in [0.3, 0.4) is 0 Å². The van der Waals surface area contributed by atoms with Gasteiger partial charge < -0.3 is 16.2 Å². The number of unbranched alkanes of at least 4 members (excludes halogenated alkanes) is 2. The molecule has 0 fully saturated rings. The standard InChI is InChI=1S/C14H21N3O2/c1-16-14(15)17-10-6-2-3-7-11-8-4-5-9-12(11)13(18)19/h4-5,8-9H,2-3,6-7,10H2,1H3,(H,18,19)(H3,15,16,17). The third kappa shape index (κ3) is 5.42. The molecule has 19 heavy (non-hydrogen) atoms. The number of guanidine groups is 1. The summed E-state index contributed by atoms with van der Waals surface area (Å²) in [6.07, 6.45) is 3.78. The van der Waals surface area contributed by atoms with Crippen molar-refractivity contribution in [1.82, 2.24) is 5.32 Å². The first-order valence-electron chi connectivity index (χ1n) is 6.42. The van der Waals surface area contributed by atoms with Crippen molar-refractivity contribution < 1.29 is 9.90 Å². The molecule has 0 amide bonds. The molecule has 0 bridgehead atoms. The molecule has 1 aromatic rings. The Bertz CT molecular complexity index is 444. The molecule has 0 spiro atoms. The normalized spacial score (nSPS) is 11.3. The zero-order valence-electron chi connectivity index (χ0n) is 11.2. The van der Waals surface area contributed by atoms with Crippen molar-refractivity contribution in [2.24, 2.45) is 10.7 Å². The van der Waals surface area contributed by atoms with Gasteiger partial charge in [-0.25, -0.2) is 4.79 Å². The van der Waals surface area contributed by atoms with Crippen molar-refractivity contribution in [2.75, 3.05) is 13.6 Å². The second-order valence-corrected chi connectivity index (χ2v) is 4.31. The van der Waals surface area contributed by atoms with Gasteiger partial charge in [-0.3, -0.25) is 4.99 Å². The van der Waals surface area contributed by atoms with E-state index in [4.69, 9.17) is 10.8 Å². The summed E-state index contributed by atoms with van der Waals surface area (Å²) in [5.74, 6) is -0.402. The van der Waals surface area contributed by atoms with Crippen LogP contribution >= 0.6 is 0 Å². The van der Waals surface area contributed by atoms with E-state index < -0.39 is 5.97 Å². The highest BCUT2D eigenvalue weighted by atomic mass is 16.4. The monoisotopic (exact) mass is 263 g/mol. The molecule has 0 aliphatic carbocycles. The van der Waals surface area contributed by atoms with Gasteiger partial charge >= 0.3 is 5.97 Å². The van der Waals surface area contributed by atoms with Gasteiger partial charge in [0.2, 0.25) is 0 Å². The molecule has 0 atom stereocenters. The Hall–Kier alpha value is -2.04. The van der Waals surface area contributed by atoms with Crippen LogP contribution in [-0.4, -0.2) is 30.6 Å². The van der Waals surface area contributed by atoms with Crippen LogP contribution in [0.5, 0.6) is 0 Å². The van der Waals surface area contributed by atoms with Crippen molar-refractivity contribution >= 4 is 11.9 Å². The SMILES string of the molecule is CN=C(N)NCCCCCc1ccccc1C(=O)O. The lowest BCUT2D eigenvalue weighted by Gasteiger charge is -2.06. The van der Waals surface area contributed by atoms with Crippen molar-refractivity contribution in [3.05, 3.63) is 35.4 Å². The number of rotatable bonds is 7. The highest BCUT2D eigenvalue weighted by Crippen LogP contribution is 2.12. The lowest BCUT2D eigenvalue weighted by molar-refractivity contribution is 0.0695. The van der Waals surface area contributed by atoms with Crippen LogP contribution in [0.4, 0.5) is 0 Å². The molecule has 0 aromatic heterocycles. The zero-order valence-corrected chi connectivity index (χ0v) is 11.2. The van der Waals surface area contributed by atoms with Gasteiger partial charge in [0.05, 0.1) is 5.56 Å². The van der Waals surface area contributed by atoms with Crippen molar-refractivity contribution in [1.29, 1.82) is 0 Å². The fourth-order valence-corrected chi connectivity index (χ4v) is 1.86. The summed E-state index contributed by atoms with van der Waals surface area (Å²) in [6, 6.07) is 7.16. The molecule has 0 radical (unpaired) electrons. The molecule has 0 aliphatic rings. The van der Waals surface area contributed by atoms with E-state index >= 15 is 0 Å². The van der Waals surface area contributed by atoms with Gasteiger partial charge in [-0.05, 0) is 30.9 Å². The number of aromatic carboxylic acids is 1. The number of carbonyl (C=O) groups is 1. The molecule has 1 aromatic carbocycles. The average molecular weight is 263 g/mol. The molecule has 5 nitrogen and oxygen atoms in total. The predicted molar refractivity (Wildman–Crippen MR) is 76.5 cm³/mol. The predicted octanol–water partition coefficient (Wildman–Crippen LogP) is 1.63. The minimum Gasteiger partial charge on any atom is -0.478 e. The van der Waals surface area contributed by atoms with Gasteiger partial charge in [0, 0.05) is 13.6 Å². The Labute approximate surface area is 113 Å². The first-order chi connectivity index (χ1) is 9.15. The number of aryl methyl sites for hydroxylation is 1. The van der Waals surface area contributed by atoms with Crippen molar-refractivity contribution in [3.63, 3.8) is 0 Å². The molecule has 0 unspecified atom stereocenters. The number of nitrogens with two attached hydrogens (primary N) is 1. The number of nitrogens with one attached hydrogen (secondary N) is 1. The fourth-order valence-electron chi connectivity index (χ4n) is 1.86. The quantitative estimate of drug-likeness (QED) is 0.396. The Morgan fingerprint density at radius 2 is 2.05 bits per heavy atom. The summed E-state index contributed by atoms with van der Waals surface area (Å²) in [7, 11) is 1.64. The second kappa shape index (κ2) is 8.13. The Morgan fingerprint density at radius 1 is 1.32 bits per heavy atom. The van der Waals surface area contributed by atoms with Crippen LogP contribution in [0, 0.1) is 0 Å². The van der Waals surface area contributed by atoms with E-state index in [1.54, 1.807) is 19.2 Å². The lowest BCUT2D eigenvalue weighted by atomic mass is 10.0. The summed E-state index contributed by atoms with van der Waals surface area (Å²) in [5.41, 5.74) is 6.81.